The minimum absolute atomic E-state index is 0.0644. The second-order valence-corrected chi connectivity index (χ2v) is 5.53. The van der Waals surface area contributed by atoms with Crippen LogP contribution in [-0.2, 0) is 21.8 Å². The van der Waals surface area contributed by atoms with Crippen LogP contribution in [0.4, 0.5) is 5.82 Å². The maximum absolute atomic E-state index is 12.1. The summed E-state index contributed by atoms with van der Waals surface area (Å²) in [6, 6.07) is -0.723. The first kappa shape index (κ1) is 14.9. The maximum Gasteiger partial charge on any atom is 0.246 e. The Bertz CT molecular complexity index is 511. The van der Waals surface area contributed by atoms with Gasteiger partial charge in [-0.2, -0.15) is 5.10 Å². The van der Waals surface area contributed by atoms with Gasteiger partial charge in [0.15, 0.2) is 5.82 Å². The molecule has 0 saturated heterocycles. The van der Waals surface area contributed by atoms with E-state index in [9.17, 15) is 8.42 Å². The fourth-order valence-corrected chi connectivity index (χ4v) is 3.09. The number of hydrogen-bond acceptors (Lipinski definition) is 6. The van der Waals surface area contributed by atoms with Gasteiger partial charge in [0.25, 0.3) is 0 Å². The molecule has 4 N–H and O–H groups in total. The van der Waals surface area contributed by atoms with Crippen molar-refractivity contribution < 1.29 is 18.3 Å². The SMILES string of the molecule is COCC(CO)NS(=O)(=O)c1c(N)nn(C)c1C. The molecule has 0 saturated carbocycles. The molecule has 1 rings (SSSR count). The average Bonchev–Trinajstić information content (AvgIpc) is 2.52. The number of anilines is 1. The molecule has 104 valence electrons. The van der Waals surface area contributed by atoms with E-state index < -0.39 is 16.1 Å². The van der Waals surface area contributed by atoms with Crippen molar-refractivity contribution in [2.24, 2.45) is 7.05 Å². The van der Waals surface area contributed by atoms with Gasteiger partial charge in [0.05, 0.1) is 24.9 Å². The molecule has 8 nitrogen and oxygen atoms in total. The smallest absolute Gasteiger partial charge is 0.246 e. The molecular formula is C9H18N4O4S. The van der Waals surface area contributed by atoms with E-state index in [1.54, 1.807) is 14.0 Å². The summed E-state index contributed by atoms with van der Waals surface area (Å²) < 4.78 is 32.7. The average molecular weight is 278 g/mol. The molecule has 18 heavy (non-hydrogen) atoms. The minimum atomic E-state index is -3.83. The van der Waals surface area contributed by atoms with Crippen molar-refractivity contribution in [2.75, 3.05) is 26.1 Å². The van der Waals surface area contributed by atoms with Crippen molar-refractivity contribution in [1.82, 2.24) is 14.5 Å². The summed E-state index contributed by atoms with van der Waals surface area (Å²) in [5.41, 5.74) is 6.00. The highest BCUT2D eigenvalue weighted by molar-refractivity contribution is 7.89. The highest BCUT2D eigenvalue weighted by Crippen LogP contribution is 2.21. The topological polar surface area (TPSA) is 119 Å². The van der Waals surface area contributed by atoms with Crippen LogP contribution in [0.25, 0.3) is 0 Å². The number of aliphatic hydroxyl groups is 1. The second kappa shape index (κ2) is 5.65. The number of nitrogen functional groups attached to an aromatic ring is 1. The normalized spacial score (nSPS) is 13.8. The Morgan fingerprint density at radius 2 is 2.22 bits per heavy atom. The molecule has 0 radical (unpaired) electrons. The Kier molecular flexibility index (Phi) is 4.68. The highest BCUT2D eigenvalue weighted by atomic mass is 32.2. The third kappa shape index (κ3) is 2.99. The van der Waals surface area contributed by atoms with Gasteiger partial charge in [-0.15, -0.1) is 0 Å². The standard InChI is InChI=1S/C9H18N4O4S/c1-6-8(9(10)11-13(6)2)18(15,16)12-7(4-14)5-17-3/h7,12,14H,4-5H2,1-3H3,(H2,10,11). The summed E-state index contributed by atoms with van der Waals surface area (Å²) in [6.45, 7) is 1.30. The number of methoxy groups -OCH3 is 1. The molecule has 0 aliphatic rings. The Morgan fingerprint density at radius 3 is 2.61 bits per heavy atom. The van der Waals surface area contributed by atoms with E-state index in [0.29, 0.717) is 5.69 Å². The van der Waals surface area contributed by atoms with Crippen LogP contribution in [0.15, 0.2) is 4.90 Å². The zero-order valence-electron chi connectivity index (χ0n) is 10.5. The summed E-state index contributed by atoms with van der Waals surface area (Å²) in [5.74, 6) is -0.0726. The molecule has 1 atom stereocenters. The molecule has 0 amide bonds. The van der Waals surface area contributed by atoms with Crippen LogP contribution in [0.2, 0.25) is 0 Å². The number of nitrogens with zero attached hydrogens (tertiary/aromatic N) is 2. The third-order valence-corrected chi connectivity index (χ3v) is 4.17. The van der Waals surface area contributed by atoms with Gasteiger partial charge in [-0.25, -0.2) is 13.1 Å². The molecular weight excluding hydrogens is 260 g/mol. The number of aliphatic hydroxyl groups excluding tert-OH is 1. The number of aromatic nitrogens is 2. The maximum atomic E-state index is 12.1. The zero-order chi connectivity index (χ0) is 13.9. The summed E-state index contributed by atoms with van der Waals surface area (Å²) >= 11 is 0. The molecule has 0 fully saturated rings. The van der Waals surface area contributed by atoms with E-state index >= 15 is 0 Å². The van der Waals surface area contributed by atoms with Crippen LogP contribution in [0.5, 0.6) is 0 Å². The number of sulfonamides is 1. The van der Waals surface area contributed by atoms with Crippen molar-refractivity contribution in [2.45, 2.75) is 17.9 Å². The van der Waals surface area contributed by atoms with E-state index in [1.165, 1.54) is 11.8 Å². The monoisotopic (exact) mass is 278 g/mol. The Labute approximate surface area is 106 Å². The van der Waals surface area contributed by atoms with Gasteiger partial charge in [0, 0.05) is 14.2 Å². The molecule has 1 aromatic rings. The first-order valence-electron chi connectivity index (χ1n) is 5.24. The third-order valence-electron chi connectivity index (χ3n) is 2.48. The molecule has 0 aromatic carbocycles. The van der Waals surface area contributed by atoms with E-state index in [2.05, 4.69) is 9.82 Å². The summed E-state index contributed by atoms with van der Waals surface area (Å²) in [6.07, 6.45) is 0. The first-order valence-corrected chi connectivity index (χ1v) is 6.73. The lowest BCUT2D eigenvalue weighted by Gasteiger charge is -2.15. The number of nitrogens with two attached hydrogens (primary N) is 1. The summed E-state index contributed by atoms with van der Waals surface area (Å²) in [7, 11) is -0.815. The number of ether oxygens (including phenoxy) is 1. The van der Waals surface area contributed by atoms with Crippen molar-refractivity contribution in [3.63, 3.8) is 0 Å². The van der Waals surface area contributed by atoms with Crippen LogP contribution >= 0.6 is 0 Å². The molecule has 0 spiro atoms. The van der Waals surface area contributed by atoms with Crippen molar-refractivity contribution in [3.8, 4) is 0 Å². The van der Waals surface area contributed by atoms with Gasteiger partial charge in [-0.1, -0.05) is 0 Å². The van der Waals surface area contributed by atoms with Crippen LogP contribution in [0, 0.1) is 6.92 Å². The van der Waals surface area contributed by atoms with Gasteiger partial charge in [-0.05, 0) is 6.92 Å². The molecule has 1 aromatic heterocycles. The predicted octanol–water partition coefficient (Wildman–Crippen LogP) is -1.40. The van der Waals surface area contributed by atoms with E-state index in [0.717, 1.165) is 0 Å². The number of hydrogen-bond donors (Lipinski definition) is 3. The Hall–Kier alpha value is -1.16. The molecule has 0 aliphatic heterocycles. The summed E-state index contributed by atoms with van der Waals surface area (Å²) in [5, 5.41) is 12.9. The Balaban J connectivity index is 3.06. The molecule has 0 aliphatic carbocycles. The van der Waals surface area contributed by atoms with Crippen LogP contribution in [0.3, 0.4) is 0 Å². The minimum Gasteiger partial charge on any atom is -0.395 e. The van der Waals surface area contributed by atoms with Gasteiger partial charge in [0.2, 0.25) is 10.0 Å². The van der Waals surface area contributed by atoms with Crippen LogP contribution in [0.1, 0.15) is 5.69 Å². The van der Waals surface area contributed by atoms with E-state index in [1.807, 2.05) is 0 Å². The van der Waals surface area contributed by atoms with Crippen molar-refractivity contribution in [3.05, 3.63) is 5.69 Å². The lowest BCUT2D eigenvalue weighted by atomic mass is 10.4. The fourth-order valence-electron chi connectivity index (χ4n) is 1.55. The first-order chi connectivity index (χ1) is 8.33. The number of aryl methyl sites for hydroxylation is 1. The summed E-state index contributed by atoms with van der Waals surface area (Å²) in [4.78, 5) is -0.0699. The molecule has 0 bridgehead atoms. The molecule has 1 heterocycles. The van der Waals surface area contributed by atoms with Crippen LogP contribution < -0.4 is 10.5 Å². The van der Waals surface area contributed by atoms with Crippen LogP contribution in [-0.4, -0.2) is 49.7 Å². The lowest BCUT2D eigenvalue weighted by molar-refractivity contribution is 0.139. The molecule has 1 unspecified atom stereocenters. The van der Waals surface area contributed by atoms with E-state index in [4.69, 9.17) is 15.6 Å². The van der Waals surface area contributed by atoms with Gasteiger partial charge < -0.3 is 15.6 Å². The largest absolute Gasteiger partial charge is 0.395 e. The van der Waals surface area contributed by atoms with Gasteiger partial charge >= 0.3 is 0 Å². The van der Waals surface area contributed by atoms with Gasteiger partial charge in [0.1, 0.15) is 4.90 Å². The fraction of sp³-hybridized carbons (Fsp3) is 0.667. The predicted molar refractivity (Wildman–Crippen MR) is 65.4 cm³/mol. The zero-order valence-corrected chi connectivity index (χ0v) is 11.4. The quantitative estimate of drug-likeness (QED) is 0.588. The second-order valence-electron chi connectivity index (χ2n) is 3.88. The van der Waals surface area contributed by atoms with E-state index in [-0.39, 0.29) is 23.9 Å². The lowest BCUT2D eigenvalue weighted by Crippen LogP contribution is -2.40. The van der Waals surface area contributed by atoms with Gasteiger partial charge in [-0.3, -0.25) is 4.68 Å². The van der Waals surface area contributed by atoms with Crippen molar-refractivity contribution in [1.29, 1.82) is 0 Å². The number of nitrogens with one attached hydrogen (secondary N) is 1. The number of rotatable bonds is 6. The Morgan fingerprint density at radius 1 is 1.61 bits per heavy atom. The molecule has 9 heteroatoms. The van der Waals surface area contributed by atoms with Crippen molar-refractivity contribution >= 4 is 15.8 Å². The highest BCUT2D eigenvalue weighted by Gasteiger charge is 2.27.